The molecule has 0 bridgehead atoms. The lowest BCUT2D eigenvalue weighted by Crippen LogP contribution is -2.29. The topological polar surface area (TPSA) is 127 Å². The second kappa shape index (κ2) is 8.23. The van der Waals surface area contributed by atoms with Crippen LogP contribution in [0.3, 0.4) is 0 Å². The number of thiophene rings is 1. The van der Waals surface area contributed by atoms with E-state index in [-0.39, 0.29) is 16.2 Å². The Morgan fingerprint density at radius 1 is 1.06 bits per heavy atom. The number of sulfonamides is 1. The number of anilines is 1. The molecule has 2 heterocycles. The minimum atomic E-state index is -3.92. The molecular formula is C22H18N2O6S2. The van der Waals surface area contributed by atoms with Gasteiger partial charge >= 0.3 is 0 Å². The van der Waals surface area contributed by atoms with Crippen molar-refractivity contribution in [3.05, 3.63) is 82.1 Å². The number of nitrogens with two attached hydrogens (primary N) is 1. The lowest BCUT2D eigenvalue weighted by molar-refractivity contribution is -0.132. The highest BCUT2D eigenvalue weighted by atomic mass is 32.2. The number of carbonyl (C=O) groups excluding carboxylic acids is 2. The molecule has 4 rings (SSSR count). The summed E-state index contributed by atoms with van der Waals surface area (Å²) >= 11 is 1.33. The van der Waals surface area contributed by atoms with Gasteiger partial charge in [-0.05, 0) is 60.0 Å². The molecule has 32 heavy (non-hydrogen) atoms. The van der Waals surface area contributed by atoms with E-state index in [0.29, 0.717) is 21.9 Å². The molecule has 3 N–H and O–H groups in total. The van der Waals surface area contributed by atoms with Gasteiger partial charge in [0, 0.05) is 16.1 Å². The fraction of sp³-hybridized carbons (Fsp3) is 0.0909. The second-order valence-electron chi connectivity index (χ2n) is 6.95. The zero-order valence-corrected chi connectivity index (χ0v) is 18.4. The summed E-state index contributed by atoms with van der Waals surface area (Å²) in [5.41, 5.74) is 0.597. The number of ether oxygens (including phenoxy) is 1. The zero-order valence-electron chi connectivity index (χ0n) is 16.8. The summed E-state index contributed by atoms with van der Waals surface area (Å²) in [6.45, 7) is 0. The van der Waals surface area contributed by atoms with Crippen LogP contribution < -0.4 is 14.8 Å². The molecule has 1 aliphatic rings. The monoisotopic (exact) mass is 470 g/mol. The molecule has 8 nitrogen and oxygen atoms in total. The maximum absolute atomic E-state index is 13.0. The average Bonchev–Trinajstić information content (AvgIpc) is 3.40. The fourth-order valence-electron chi connectivity index (χ4n) is 3.52. The van der Waals surface area contributed by atoms with Crippen molar-refractivity contribution < 1.29 is 27.9 Å². The van der Waals surface area contributed by atoms with E-state index >= 15 is 0 Å². The first kappa shape index (κ1) is 21.8. The van der Waals surface area contributed by atoms with Crippen LogP contribution in [0.1, 0.15) is 16.5 Å². The largest absolute Gasteiger partial charge is 0.507 e. The van der Waals surface area contributed by atoms with Crippen molar-refractivity contribution in [1.82, 2.24) is 0 Å². The molecule has 0 spiro atoms. The number of nitrogens with zero attached hydrogens (tertiary/aromatic N) is 1. The predicted molar refractivity (Wildman–Crippen MR) is 120 cm³/mol. The SMILES string of the molecule is COc1ccc(/C(O)=C2/C(=O)C(=O)N(c3ccc(S(N)(=O)=O)cc3)C2c2cccs2)cc1. The molecular weight excluding hydrogens is 452 g/mol. The van der Waals surface area contributed by atoms with Crippen LogP contribution in [0.5, 0.6) is 5.75 Å². The number of rotatable bonds is 5. The summed E-state index contributed by atoms with van der Waals surface area (Å²) in [4.78, 5) is 27.8. The summed E-state index contributed by atoms with van der Waals surface area (Å²) in [5, 5.41) is 18.0. The normalized spacial score (nSPS) is 18.2. The number of aliphatic hydroxyl groups excluding tert-OH is 1. The molecule has 1 aliphatic heterocycles. The van der Waals surface area contributed by atoms with Crippen LogP contribution >= 0.6 is 11.3 Å². The van der Waals surface area contributed by atoms with Gasteiger partial charge in [0.2, 0.25) is 10.0 Å². The molecule has 1 fully saturated rings. The Morgan fingerprint density at radius 2 is 1.72 bits per heavy atom. The number of hydrogen-bond donors (Lipinski definition) is 2. The molecule has 0 saturated carbocycles. The lowest BCUT2D eigenvalue weighted by Gasteiger charge is -2.24. The summed E-state index contributed by atoms with van der Waals surface area (Å²) in [7, 11) is -2.41. The van der Waals surface area contributed by atoms with Gasteiger partial charge < -0.3 is 9.84 Å². The van der Waals surface area contributed by atoms with Crippen LogP contribution in [0.15, 0.2) is 76.5 Å². The number of benzene rings is 2. The number of primary sulfonamides is 1. The van der Waals surface area contributed by atoms with Crippen LogP contribution in [-0.4, -0.2) is 32.3 Å². The Kier molecular flexibility index (Phi) is 5.59. The number of aliphatic hydroxyl groups is 1. The van der Waals surface area contributed by atoms with Gasteiger partial charge in [-0.25, -0.2) is 13.6 Å². The third kappa shape index (κ3) is 3.79. The molecule has 2 aromatic carbocycles. The molecule has 10 heteroatoms. The molecule has 1 saturated heterocycles. The fourth-order valence-corrected chi connectivity index (χ4v) is 4.85. The highest BCUT2D eigenvalue weighted by molar-refractivity contribution is 7.89. The van der Waals surface area contributed by atoms with Crippen molar-refractivity contribution in [3.8, 4) is 5.75 Å². The van der Waals surface area contributed by atoms with E-state index in [0.717, 1.165) is 0 Å². The minimum Gasteiger partial charge on any atom is -0.507 e. The van der Waals surface area contributed by atoms with Crippen molar-refractivity contribution in [3.63, 3.8) is 0 Å². The standard InChI is InChI=1S/C22H18N2O6S2/c1-30-15-8-4-13(5-9-15)20(25)18-19(17-3-2-12-31-17)24(22(27)21(18)26)14-6-10-16(11-7-14)32(23,28)29/h2-12,19,25H,1H3,(H2,23,28,29)/b20-18-. The van der Waals surface area contributed by atoms with Gasteiger partial charge in [-0.2, -0.15) is 0 Å². The highest BCUT2D eigenvalue weighted by Crippen LogP contribution is 2.43. The molecule has 1 unspecified atom stereocenters. The summed E-state index contributed by atoms with van der Waals surface area (Å²) in [5.74, 6) is -1.41. The maximum atomic E-state index is 13.0. The molecule has 1 atom stereocenters. The van der Waals surface area contributed by atoms with E-state index in [1.165, 1.54) is 47.6 Å². The van der Waals surface area contributed by atoms with E-state index in [2.05, 4.69) is 0 Å². The molecule has 3 aromatic rings. The Bertz CT molecular complexity index is 1310. The van der Waals surface area contributed by atoms with Gasteiger partial charge in [0.1, 0.15) is 17.6 Å². The van der Waals surface area contributed by atoms with Gasteiger partial charge in [-0.3, -0.25) is 14.5 Å². The van der Waals surface area contributed by atoms with Crippen LogP contribution in [-0.2, 0) is 19.6 Å². The predicted octanol–water partition coefficient (Wildman–Crippen LogP) is 3.03. The third-order valence-electron chi connectivity index (χ3n) is 5.06. The van der Waals surface area contributed by atoms with E-state index in [9.17, 15) is 23.1 Å². The molecule has 0 radical (unpaired) electrons. The van der Waals surface area contributed by atoms with Gasteiger partial charge in [-0.1, -0.05) is 6.07 Å². The Hall–Kier alpha value is -3.47. The molecule has 1 amide bonds. The second-order valence-corrected chi connectivity index (χ2v) is 9.49. The lowest BCUT2D eigenvalue weighted by atomic mass is 9.99. The van der Waals surface area contributed by atoms with E-state index in [1.54, 1.807) is 41.8 Å². The number of methoxy groups -OCH3 is 1. The first-order valence-corrected chi connectivity index (χ1v) is 11.8. The van der Waals surface area contributed by atoms with Gasteiger partial charge in [-0.15, -0.1) is 11.3 Å². The number of amides is 1. The van der Waals surface area contributed by atoms with E-state index < -0.39 is 27.8 Å². The zero-order chi connectivity index (χ0) is 23.0. The first-order chi connectivity index (χ1) is 15.2. The van der Waals surface area contributed by atoms with Crippen molar-refractivity contribution in [1.29, 1.82) is 0 Å². The van der Waals surface area contributed by atoms with Crippen molar-refractivity contribution in [2.24, 2.45) is 5.14 Å². The van der Waals surface area contributed by atoms with Crippen LogP contribution in [0.2, 0.25) is 0 Å². The molecule has 1 aromatic heterocycles. The summed E-state index contributed by atoms with van der Waals surface area (Å²) in [6, 6.07) is 14.4. The third-order valence-corrected chi connectivity index (χ3v) is 6.92. The Labute approximate surface area is 188 Å². The highest BCUT2D eigenvalue weighted by Gasteiger charge is 2.47. The first-order valence-electron chi connectivity index (χ1n) is 9.34. The smallest absolute Gasteiger partial charge is 0.300 e. The number of Topliss-reactive ketones (excluding diaryl/α,β-unsaturated/α-hetero) is 1. The van der Waals surface area contributed by atoms with Gasteiger partial charge in [0.25, 0.3) is 11.7 Å². The molecule has 0 aliphatic carbocycles. The van der Waals surface area contributed by atoms with Crippen LogP contribution in [0, 0.1) is 0 Å². The number of carbonyl (C=O) groups is 2. The molecule has 164 valence electrons. The minimum absolute atomic E-state index is 0.0573. The summed E-state index contributed by atoms with van der Waals surface area (Å²) < 4.78 is 28.3. The quantitative estimate of drug-likeness (QED) is 0.335. The van der Waals surface area contributed by atoms with Crippen LogP contribution in [0.25, 0.3) is 5.76 Å². The van der Waals surface area contributed by atoms with Crippen molar-refractivity contribution in [2.75, 3.05) is 12.0 Å². The Balaban J connectivity index is 1.86. The van der Waals surface area contributed by atoms with Crippen LogP contribution in [0.4, 0.5) is 5.69 Å². The van der Waals surface area contributed by atoms with Gasteiger partial charge in [0.05, 0.1) is 17.6 Å². The van der Waals surface area contributed by atoms with Crippen molar-refractivity contribution in [2.45, 2.75) is 10.9 Å². The number of ketones is 1. The number of hydrogen-bond acceptors (Lipinski definition) is 7. The van der Waals surface area contributed by atoms with Crippen molar-refractivity contribution >= 4 is 44.5 Å². The Morgan fingerprint density at radius 3 is 2.25 bits per heavy atom. The summed E-state index contributed by atoms with van der Waals surface area (Å²) in [6.07, 6.45) is 0. The van der Waals surface area contributed by atoms with Gasteiger partial charge in [0.15, 0.2) is 0 Å². The van der Waals surface area contributed by atoms with E-state index in [1.807, 2.05) is 0 Å². The average molecular weight is 471 g/mol. The van der Waals surface area contributed by atoms with E-state index in [4.69, 9.17) is 9.88 Å². The maximum Gasteiger partial charge on any atom is 0.300 e.